The number of carbonyl (C=O) groups is 1. The second-order valence-corrected chi connectivity index (χ2v) is 5.02. The van der Waals surface area contributed by atoms with Crippen LogP contribution in [0.2, 0.25) is 0 Å². The number of aryl methyl sites for hydroxylation is 1. The summed E-state index contributed by atoms with van der Waals surface area (Å²) in [5, 5.41) is 21.8. The van der Waals surface area contributed by atoms with Gasteiger partial charge in [0.2, 0.25) is 0 Å². The number of anilines is 1. The van der Waals surface area contributed by atoms with Crippen LogP contribution in [0.15, 0.2) is 18.2 Å². The molecular formula is C14H21NO3. The van der Waals surface area contributed by atoms with Crippen LogP contribution in [0.4, 0.5) is 5.69 Å². The Kier molecular flexibility index (Phi) is 5.16. The second kappa shape index (κ2) is 6.40. The van der Waals surface area contributed by atoms with E-state index < -0.39 is 12.1 Å². The lowest BCUT2D eigenvalue weighted by molar-refractivity contribution is 0.0697. The van der Waals surface area contributed by atoms with E-state index in [0.717, 1.165) is 5.56 Å². The summed E-state index contributed by atoms with van der Waals surface area (Å²) in [6, 6.07) is 5.12. The Morgan fingerprint density at radius 2 is 2.06 bits per heavy atom. The number of hydrogen-bond donors (Lipinski definition) is 3. The number of hydrogen-bond acceptors (Lipinski definition) is 3. The van der Waals surface area contributed by atoms with Gasteiger partial charge >= 0.3 is 5.97 Å². The van der Waals surface area contributed by atoms with Crippen LogP contribution in [0.5, 0.6) is 0 Å². The van der Waals surface area contributed by atoms with Crippen molar-refractivity contribution in [2.24, 2.45) is 5.92 Å². The molecule has 0 aliphatic rings. The van der Waals surface area contributed by atoms with Crippen molar-refractivity contribution in [1.82, 2.24) is 0 Å². The van der Waals surface area contributed by atoms with E-state index >= 15 is 0 Å². The highest BCUT2D eigenvalue weighted by Gasteiger charge is 2.12. The summed E-state index contributed by atoms with van der Waals surface area (Å²) >= 11 is 0. The first-order valence-corrected chi connectivity index (χ1v) is 6.16. The van der Waals surface area contributed by atoms with Gasteiger partial charge in [-0.25, -0.2) is 4.79 Å². The third-order valence-corrected chi connectivity index (χ3v) is 2.68. The lowest BCUT2D eigenvalue weighted by Gasteiger charge is -2.16. The molecule has 1 unspecified atom stereocenters. The van der Waals surface area contributed by atoms with Crippen LogP contribution in [0, 0.1) is 12.8 Å². The SMILES string of the molecule is Cc1ccc(C(=O)O)c(NCC(O)CC(C)C)c1. The van der Waals surface area contributed by atoms with Gasteiger partial charge < -0.3 is 15.5 Å². The molecule has 18 heavy (non-hydrogen) atoms. The number of carboxylic acid groups (broad SMARTS) is 1. The molecule has 3 N–H and O–H groups in total. The van der Waals surface area contributed by atoms with Crippen LogP contribution in [0.1, 0.15) is 36.2 Å². The molecule has 0 aliphatic heterocycles. The van der Waals surface area contributed by atoms with Crippen LogP contribution in [-0.4, -0.2) is 28.8 Å². The van der Waals surface area contributed by atoms with Gasteiger partial charge in [0.05, 0.1) is 11.7 Å². The largest absolute Gasteiger partial charge is 0.478 e. The van der Waals surface area contributed by atoms with Gasteiger partial charge in [-0.3, -0.25) is 0 Å². The smallest absolute Gasteiger partial charge is 0.337 e. The van der Waals surface area contributed by atoms with Gasteiger partial charge in [-0.15, -0.1) is 0 Å². The molecule has 1 aromatic rings. The van der Waals surface area contributed by atoms with Crippen molar-refractivity contribution < 1.29 is 15.0 Å². The number of rotatable bonds is 6. The molecule has 0 bridgehead atoms. The second-order valence-electron chi connectivity index (χ2n) is 5.02. The van der Waals surface area contributed by atoms with Crippen molar-refractivity contribution in [3.8, 4) is 0 Å². The molecule has 0 aliphatic carbocycles. The van der Waals surface area contributed by atoms with Gasteiger partial charge in [0.1, 0.15) is 0 Å². The molecule has 0 amide bonds. The summed E-state index contributed by atoms with van der Waals surface area (Å²) in [4.78, 5) is 11.1. The highest BCUT2D eigenvalue weighted by Crippen LogP contribution is 2.18. The fourth-order valence-electron chi connectivity index (χ4n) is 1.85. The third-order valence-electron chi connectivity index (χ3n) is 2.68. The number of aliphatic hydroxyl groups is 1. The van der Waals surface area contributed by atoms with E-state index in [1.165, 1.54) is 0 Å². The summed E-state index contributed by atoms with van der Waals surface area (Å²) in [7, 11) is 0. The van der Waals surface area contributed by atoms with E-state index in [1.807, 2.05) is 20.8 Å². The molecule has 0 heterocycles. The average Bonchev–Trinajstić information content (AvgIpc) is 2.25. The first-order chi connectivity index (χ1) is 8.40. The van der Waals surface area contributed by atoms with Crippen molar-refractivity contribution in [3.63, 3.8) is 0 Å². The molecule has 0 radical (unpaired) electrons. The molecule has 0 fully saturated rings. The van der Waals surface area contributed by atoms with E-state index in [1.54, 1.807) is 18.2 Å². The van der Waals surface area contributed by atoms with Crippen LogP contribution < -0.4 is 5.32 Å². The molecule has 100 valence electrons. The number of benzene rings is 1. The normalized spacial score (nSPS) is 12.5. The zero-order valence-corrected chi connectivity index (χ0v) is 11.1. The average molecular weight is 251 g/mol. The van der Waals surface area contributed by atoms with Crippen LogP contribution in [0.25, 0.3) is 0 Å². The highest BCUT2D eigenvalue weighted by molar-refractivity contribution is 5.94. The van der Waals surface area contributed by atoms with Crippen LogP contribution in [-0.2, 0) is 0 Å². The molecule has 1 aromatic carbocycles. The number of nitrogens with one attached hydrogen (secondary N) is 1. The van der Waals surface area contributed by atoms with Crippen LogP contribution in [0.3, 0.4) is 0 Å². The predicted octanol–water partition coefficient (Wildman–Crippen LogP) is 2.51. The topological polar surface area (TPSA) is 69.6 Å². The monoisotopic (exact) mass is 251 g/mol. The summed E-state index contributed by atoms with van der Waals surface area (Å²) in [5.41, 5.74) is 1.78. The summed E-state index contributed by atoms with van der Waals surface area (Å²) in [6.07, 6.45) is 0.230. The standard InChI is InChI=1S/C14H21NO3/c1-9(2)6-11(16)8-15-13-7-10(3)4-5-12(13)14(17)18/h4-5,7,9,11,15-16H,6,8H2,1-3H3,(H,17,18). The minimum Gasteiger partial charge on any atom is -0.478 e. The molecule has 4 nitrogen and oxygen atoms in total. The predicted molar refractivity (Wildman–Crippen MR) is 72.1 cm³/mol. The molecule has 1 rings (SSSR count). The van der Waals surface area contributed by atoms with E-state index in [9.17, 15) is 9.90 Å². The van der Waals surface area contributed by atoms with Crippen molar-refractivity contribution in [1.29, 1.82) is 0 Å². The first-order valence-electron chi connectivity index (χ1n) is 6.16. The fourth-order valence-corrected chi connectivity index (χ4v) is 1.85. The quantitative estimate of drug-likeness (QED) is 0.726. The van der Waals surface area contributed by atoms with Crippen molar-refractivity contribution in [2.75, 3.05) is 11.9 Å². The molecule has 1 atom stereocenters. The number of aliphatic hydroxyl groups excluding tert-OH is 1. The summed E-state index contributed by atoms with van der Waals surface area (Å²) in [6.45, 7) is 6.35. The maximum Gasteiger partial charge on any atom is 0.337 e. The van der Waals surface area contributed by atoms with Crippen LogP contribution >= 0.6 is 0 Å². The van der Waals surface area contributed by atoms with Gasteiger partial charge in [0, 0.05) is 12.2 Å². The summed E-state index contributed by atoms with van der Waals surface area (Å²) in [5.74, 6) is -0.547. The zero-order chi connectivity index (χ0) is 13.7. The Morgan fingerprint density at radius 1 is 1.39 bits per heavy atom. The van der Waals surface area contributed by atoms with E-state index in [2.05, 4.69) is 5.32 Å². The van der Waals surface area contributed by atoms with Crippen molar-refractivity contribution in [2.45, 2.75) is 33.3 Å². The fraction of sp³-hybridized carbons (Fsp3) is 0.500. The van der Waals surface area contributed by atoms with Gasteiger partial charge in [0.15, 0.2) is 0 Å². The number of carboxylic acids is 1. The molecule has 0 saturated heterocycles. The lowest BCUT2D eigenvalue weighted by atomic mass is 10.1. The molecular weight excluding hydrogens is 230 g/mol. The first kappa shape index (κ1) is 14.5. The molecule has 0 saturated carbocycles. The molecule has 0 spiro atoms. The summed E-state index contributed by atoms with van der Waals surface area (Å²) < 4.78 is 0. The van der Waals surface area contributed by atoms with Gasteiger partial charge in [-0.2, -0.15) is 0 Å². The zero-order valence-electron chi connectivity index (χ0n) is 11.1. The third kappa shape index (κ3) is 4.37. The highest BCUT2D eigenvalue weighted by atomic mass is 16.4. The maximum atomic E-state index is 11.1. The maximum absolute atomic E-state index is 11.1. The minimum absolute atomic E-state index is 0.234. The van der Waals surface area contributed by atoms with Gasteiger partial charge in [-0.05, 0) is 37.0 Å². The molecule has 0 aromatic heterocycles. The Hall–Kier alpha value is -1.55. The lowest BCUT2D eigenvalue weighted by Crippen LogP contribution is -2.22. The Balaban J connectivity index is 2.71. The Labute approximate surface area is 108 Å². The minimum atomic E-state index is -0.962. The van der Waals surface area contributed by atoms with Crippen molar-refractivity contribution >= 4 is 11.7 Å². The number of aromatic carboxylic acids is 1. The van der Waals surface area contributed by atoms with E-state index in [4.69, 9.17) is 5.11 Å². The van der Waals surface area contributed by atoms with E-state index in [-0.39, 0.29) is 5.56 Å². The van der Waals surface area contributed by atoms with Crippen molar-refractivity contribution in [3.05, 3.63) is 29.3 Å². The van der Waals surface area contributed by atoms with Gasteiger partial charge in [0.25, 0.3) is 0 Å². The molecule has 4 heteroatoms. The van der Waals surface area contributed by atoms with Gasteiger partial charge in [-0.1, -0.05) is 19.9 Å². The van der Waals surface area contributed by atoms with E-state index in [0.29, 0.717) is 24.6 Å². The Morgan fingerprint density at radius 3 is 2.61 bits per heavy atom. The Bertz CT molecular complexity index is 416.